The predicted molar refractivity (Wildman–Crippen MR) is 80.1 cm³/mol. The highest BCUT2D eigenvalue weighted by atomic mass is 16.4. The van der Waals surface area contributed by atoms with Crippen LogP contribution in [0.15, 0.2) is 54.6 Å². The van der Waals surface area contributed by atoms with Crippen LogP contribution >= 0.6 is 0 Å². The van der Waals surface area contributed by atoms with Gasteiger partial charge >= 0.3 is 12.0 Å². The van der Waals surface area contributed by atoms with Gasteiger partial charge in [0.2, 0.25) is 0 Å². The maximum Gasteiger partial charge on any atom is 0.319 e. The molecule has 0 atom stereocenters. The smallest absolute Gasteiger partial charge is 0.319 e. The third kappa shape index (κ3) is 4.99. The molecular formula is C16H16N2O3. The van der Waals surface area contributed by atoms with Crippen molar-refractivity contribution in [2.24, 2.45) is 0 Å². The van der Waals surface area contributed by atoms with Crippen LogP contribution in [0.3, 0.4) is 0 Å². The first-order valence-electron chi connectivity index (χ1n) is 6.53. The molecule has 5 heteroatoms. The average molecular weight is 284 g/mol. The first-order chi connectivity index (χ1) is 10.1. The van der Waals surface area contributed by atoms with E-state index in [0.717, 1.165) is 5.56 Å². The van der Waals surface area contributed by atoms with E-state index in [1.807, 2.05) is 30.3 Å². The third-order valence-electron chi connectivity index (χ3n) is 2.86. The van der Waals surface area contributed by atoms with Crippen LogP contribution in [0, 0.1) is 0 Å². The molecule has 5 nitrogen and oxygen atoms in total. The van der Waals surface area contributed by atoms with Crippen molar-refractivity contribution in [1.29, 1.82) is 0 Å². The van der Waals surface area contributed by atoms with Gasteiger partial charge in [-0.3, -0.25) is 4.79 Å². The Morgan fingerprint density at radius 3 is 2.19 bits per heavy atom. The Morgan fingerprint density at radius 2 is 1.57 bits per heavy atom. The lowest BCUT2D eigenvalue weighted by Gasteiger charge is -2.08. The Balaban J connectivity index is 1.83. The molecule has 2 aromatic carbocycles. The van der Waals surface area contributed by atoms with E-state index in [0.29, 0.717) is 17.8 Å². The number of carbonyl (C=O) groups is 2. The van der Waals surface area contributed by atoms with Gasteiger partial charge in [0.1, 0.15) is 0 Å². The van der Waals surface area contributed by atoms with Gasteiger partial charge in [0, 0.05) is 12.2 Å². The molecular weight excluding hydrogens is 268 g/mol. The van der Waals surface area contributed by atoms with Gasteiger partial charge in [-0.25, -0.2) is 4.79 Å². The second-order valence-electron chi connectivity index (χ2n) is 4.56. The van der Waals surface area contributed by atoms with Crippen molar-refractivity contribution in [1.82, 2.24) is 5.32 Å². The molecule has 0 aliphatic carbocycles. The molecule has 108 valence electrons. The van der Waals surface area contributed by atoms with Crippen molar-refractivity contribution < 1.29 is 14.7 Å². The number of hydrogen-bond donors (Lipinski definition) is 3. The molecule has 0 aliphatic rings. The van der Waals surface area contributed by atoms with Crippen molar-refractivity contribution >= 4 is 17.7 Å². The number of carbonyl (C=O) groups excluding carboxylic acids is 1. The molecule has 0 bridgehead atoms. The SMILES string of the molecule is O=C(O)Cc1ccc(NC(=O)NCc2ccccc2)cc1. The normalized spacial score (nSPS) is 9.90. The molecule has 0 aromatic heterocycles. The maximum absolute atomic E-state index is 11.7. The van der Waals surface area contributed by atoms with E-state index in [2.05, 4.69) is 10.6 Å². The quantitative estimate of drug-likeness (QED) is 0.789. The summed E-state index contributed by atoms with van der Waals surface area (Å²) in [5.74, 6) is -0.878. The minimum Gasteiger partial charge on any atom is -0.481 e. The molecule has 0 unspecified atom stereocenters. The monoisotopic (exact) mass is 284 g/mol. The van der Waals surface area contributed by atoms with Gasteiger partial charge in [0.15, 0.2) is 0 Å². The summed E-state index contributed by atoms with van der Waals surface area (Å²) in [6.07, 6.45) is -0.0273. The van der Waals surface area contributed by atoms with Crippen molar-refractivity contribution in [3.8, 4) is 0 Å². The largest absolute Gasteiger partial charge is 0.481 e. The van der Waals surface area contributed by atoms with Gasteiger partial charge in [0.05, 0.1) is 6.42 Å². The van der Waals surface area contributed by atoms with Crippen LogP contribution in [0.4, 0.5) is 10.5 Å². The van der Waals surface area contributed by atoms with Crippen LogP contribution in [0.2, 0.25) is 0 Å². The third-order valence-corrected chi connectivity index (χ3v) is 2.86. The van der Waals surface area contributed by atoms with Crippen LogP contribution in [-0.4, -0.2) is 17.1 Å². The highest BCUT2D eigenvalue weighted by molar-refractivity contribution is 5.89. The highest BCUT2D eigenvalue weighted by Crippen LogP contribution is 2.10. The molecule has 2 rings (SSSR count). The maximum atomic E-state index is 11.7. The summed E-state index contributed by atoms with van der Waals surface area (Å²) in [7, 11) is 0. The summed E-state index contributed by atoms with van der Waals surface area (Å²) < 4.78 is 0. The lowest BCUT2D eigenvalue weighted by molar-refractivity contribution is -0.136. The zero-order valence-corrected chi connectivity index (χ0v) is 11.4. The number of anilines is 1. The van der Waals surface area contributed by atoms with Gasteiger partial charge in [-0.05, 0) is 23.3 Å². The predicted octanol–water partition coefficient (Wildman–Crippen LogP) is 2.64. The number of aliphatic carboxylic acids is 1. The summed E-state index contributed by atoms with van der Waals surface area (Å²) in [5, 5.41) is 14.1. The minimum absolute atomic E-state index is 0.0273. The number of amides is 2. The van der Waals surface area contributed by atoms with Gasteiger partial charge in [-0.1, -0.05) is 42.5 Å². The number of urea groups is 1. The zero-order chi connectivity index (χ0) is 15.1. The first kappa shape index (κ1) is 14.6. The van der Waals surface area contributed by atoms with Crippen molar-refractivity contribution in [3.63, 3.8) is 0 Å². The molecule has 3 N–H and O–H groups in total. The highest BCUT2D eigenvalue weighted by Gasteiger charge is 2.03. The van der Waals surface area contributed by atoms with Gasteiger partial charge in [0.25, 0.3) is 0 Å². The van der Waals surface area contributed by atoms with E-state index >= 15 is 0 Å². The van der Waals surface area contributed by atoms with Crippen LogP contribution in [0.5, 0.6) is 0 Å². The number of nitrogens with one attached hydrogen (secondary N) is 2. The minimum atomic E-state index is -0.878. The topological polar surface area (TPSA) is 78.4 Å². The molecule has 0 saturated carbocycles. The van der Waals surface area contributed by atoms with Gasteiger partial charge in [-0.2, -0.15) is 0 Å². The van der Waals surface area contributed by atoms with Gasteiger partial charge < -0.3 is 15.7 Å². The summed E-state index contributed by atoms with van der Waals surface area (Å²) in [6.45, 7) is 0.448. The Labute approximate surface area is 122 Å². The van der Waals surface area contributed by atoms with Crippen molar-refractivity contribution in [2.75, 3.05) is 5.32 Å². The second kappa shape index (κ2) is 7.09. The molecule has 0 spiro atoms. The molecule has 21 heavy (non-hydrogen) atoms. The average Bonchev–Trinajstić information content (AvgIpc) is 2.48. The second-order valence-corrected chi connectivity index (χ2v) is 4.56. The number of rotatable bonds is 5. The molecule has 2 amide bonds. The summed E-state index contributed by atoms with van der Waals surface area (Å²) >= 11 is 0. The molecule has 0 saturated heterocycles. The summed E-state index contributed by atoms with van der Waals surface area (Å²) in [4.78, 5) is 22.3. The van der Waals surface area contributed by atoms with E-state index in [-0.39, 0.29) is 12.5 Å². The Bertz CT molecular complexity index is 609. The summed E-state index contributed by atoms with van der Waals surface area (Å²) in [6, 6.07) is 16.0. The van der Waals surface area contributed by atoms with Crippen molar-refractivity contribution in [2.45, 2.75) is 13.0 Å². The van der Waals surface area contributed by atoms with Crippen molar-refractivity contribution in [3.05, 3.63) is 65.7 Å². The Morgan fingerprint density at radius 1 is 0.905 bits per heavy atom. The van der Waals surface area contributed by atoms with Crippen LogP contribution < -0.4 is 10.6 Å². The fraction of sp³-hybridized carbons (Fsp3) is 0.125. The Hall–Kier alpha value is -2.82. The van der Waals surface area contributed by atoms with E-state index in [1.165, 1.54) is 0 Å². The summed E-state index contributed by atoms with van der Waals surface area (Å²) in [5.41, 5.74) is 2.33. The molecule has 2 aromatic rings. The Kier molecular flexibility index (Phi) is 4.93. The fourth-order valence-electron chi connectivity index (χ4n) is 1.83. The number of benzene rings is 2. The van der Waals surface area contributed by atoms with Gasteiger partial charge in [-0.15, -0.1) is 0 Å². The van der Waals surface area contributed by atoms with E-state index in [4.69, 9.17) is 5.11 Å². The van der Waals surface area contributed by atoms with E-state index < -0.39 is 5.97 Å². The van der Waals surface area contributed by atoms with Crippen LogP contribution in [0.25, 0.3) is 0 Å². The van der Waals surface area contributed by atoms with E-state index in [9.17, 15) is 9.59 Å². The number of carboxylic acids is 1. The number of carboxylic acid groups (broad SMARTS) is 1. The molecule has 0 radical (unpaired) electrons. The van der Waals surface area contributed by atoms with E-state index in [1.54, 1.807) is 24.3 Å². The zero-order valence-electron chi connectivity index (χ0n) is 11.4. The van der Waals surface area contributed by atoms with Crippen LogP contribution in [0.1, 0.15) is 11.1 Å². The standard InChI is InChI=1S/C16H16N2O3/c19-15(20)10-12-6-8-14(9-7-12)18-16(21)17-11-13-4-2-1-3-5-13/h1-9H,10-11H2,(H,19,20)(H2,17,18,21). The lowest BCUT2D eigenvalue weighted by Crippen LogP contribution is -2.28. The van der Waals surface area contributed by atoms with Crippen LogP contribution in [-0.2, 0) is 17.8 Å². The molecule has 0 heterocycles. The fourth-order valence-corrected chi connectivity index (χ4v) is 1.83. The first-order valence-corrected chi connectivity index (χ1v) is 6.53. The lowest BCUT2D eigenvalue weighted by atomic mass is 10.1. The molecule has 0 fully saturated rings. The molecule has 0 aliphatic heterocycles. The number of hydrogen-bond acceptors (Lipinski definition) is 2.